The van der Waals surface area contributed by atoms with Crippen molar-refractivity contribution in [2.75, 3.05) is 40.4 Å². The van der Waals surface area contributed by atoms with Crippen LogP contribution < -0.4 is 5.32 Å². The van der Waals surface area contributed by atoms with Crippen molar-refractivity contribution < 1.29 is 4.74 Å². The fraction of sp³-hybridized carbons (Fsp3) is 0.636. The Hall–Kier alpha value is 0.0600. The Morgan fingerprint density at radius 2 is 2.31 bits per heavy atom. The highest BCUT2D eigenvalue weighted by Crippen LogP contribution is 2.20. The zero-order valence-electron chi connectivity index (χ0n) is 9.83. The Labute approximate surface area is 110 Å². The molecule has 0 aromatic carbocycles. The summed E-state index contributed by atoms with van der Waals surface area (Å²) in [7, 11) is 3.87. The van der Waals surface area contributed by atoms with Crippen molar-refractivity contribution in [2.45, 2.75) is 6.54 Å². The molecule has 0 saturated carbocycles. The average molecular weight is 307 g/mol. The Morgan fingerprint density at radius 3 is 2.94 bits per heavy atom. The Kier molecular flexibility index (Phi) is 7.23. The largest absolute Gasteiger partial charge is 0.383 e. The first-order chi connectivity index (χ1) is 7.72. The quantitative estimate of drug-likeness (QED) is 0.745. The topological polar surface area (TPSA) is 24.5 Å². The van der Waals surface area contributed by atoms with Crippen LogP contribution in [0.25, 0.3) is 0 Å². The van der Waals surface area contributed by atoms with Gasteiger partial charge >= 0.3 is 0 Å². The second kappa shape index (κ2) is 8.20. The van der Waals surface area contributed by atoms with Crippen LogP contribution in [0, 0.1) is 0 Å². The van der Waals surface area contributed by atoms with Crippen molar-refractivity contribution in [3.8, 4) is 0 Å². The van der Waals surface area contributed by atoms with Gasteiger partial charge in [0.1, 0.15) is 0 Å². The normalized spacial score (nSPS) is 11.2. The SMILES string of the molecule is COCCNCCN(C)Cc1cc(Br)cs1. The van der Waals surface area contributed by atoms with Gasteiger partial charge < -0.3 is 15.0 Å². The Morgan fingerprint density at radius 1 is 1.50 bits per heavy atom. The van der Waals surface area contributed by atoms with E-state index in [1.807, 2.05) is 0 Å². The summed E-state index contributed by atoms with van der Waals surface area (Å²) in [6.45, 7) is 4.78. The summed E-state index contributed by atoms with van der Waals surface area (Å²) >= 11 is 5.27. The predicted octanol–water partition coefficient (Wildman–Crippen LogP) is 2.18. The van der Waals surface area contributed by atoms with Gasteiger partial charge in [-0.3, -0.25) is 0 Å². The smallest absolute Gasteiger partial charge is 0.0587 e. The number of nitrogens with one attached hydrogen (secondary N) is 1. The number of thiophene rings is 1. The molecule has 1 aromatic heterocycles. The third-order valence-corrected chi connectivity index (χ3v) is 3.88. The molecule has 0 fully saturated rings. The summed E-state index contributed by atoms with van der Waals surface area (Å²) in [5.41, 5.74) is 0. The molecule has 5 heteroatoms. The maximum absolute atomic E-state index is 4.97. The molecule has 1 N–H and O–H groups in total. The average Bonchev–Trinajstić information content (AvgIpc) is 2.63. The number of methoxy groups -OCH3 is 1. The molecule has 0 saturated heterocycles. The summed E-state index contributed by atoms with van der Waals surface area (Å²) in [5.74, 6) is 0. The molecule has 0 aliphatic carbocycles. The first kappa shape index (κ1) is 14.1. The standard InChI is InChI=1S/C11H19BrN2OS/c1-14(5-3-13-4-6-15-2)8-11-7-10(12)9-16-11/h7,9,13H,3-6,8H2,1-2H3. The number of nitrogens with zero attached hydrogens (tertiary/aromatic N) is 1. The van der Waals surface area contributed by atoms with Gasteiger partial charge in [-0.2, -0.15) is 0 Å². The number of hydrogen-bond donors (Lipinski definition) is 1. The highest BCUT2D eigenvalue weighted by atomic mass is 79.9. The first-order valence-corrected chi connectivity index (χ1v) is 7.00. The molecule has 0 unspecified atom stereocenters. The highest BCUT2D eigenvalue weighted by Gasteiger charge is 2.02. The fourth-order valence-electron chi connectivity index (χ4n) is 1.35. The molecule has 92 valence electrons. The number of rotatable bonds is 8. The Bertz CT molecular complexity index is 293. The van der Waals surface area contributed by atoms with E-state index in [0.717, 1.165) is 32.8 Å². The second-order valence-corrected chi connectivity index (χ2v) is 5.62. The minimum absolute atomic E-state index is 0.779. The van der Waals surface area contributed by atoms with Crippen molar-refractivity contribution >= 4 is 27.3 Å². The van der Waals surface area contributed by atoms with E-state index in [4.69, 9.17) is 4.74 Å². The van der Waals surface area contributed by atoms with Crippen molar-refractivity contribution in [3.05, 3.63) is 20.8 Å². The van der Waals surface area contributed by atoms with Gasteiger partial charge in [-0.15, -0.1) is 11.3 Å². The van der Waals surface area contributed by atoms with Crippen LogP contribution in [0.5, 0.6) is 0 Å². The van der Waals surface area contributed by atoms with E-state index >= 15 is 0 Å². The van der Waals surface area contributed by atoms with Gasteiger partial charge in [0.25, 0.3) is 0 Å². The van der Waals surface area contributed by atoms with Crippen LogP contribution >= 0.6 is 27.3 Å². The maximum Gasteiger partial charge on any atom is 0.0587 e. The lowest BCUT2D eigenvalue weighted by molar-refractivity contribution is 0.197. The molecule has 0 spiro atoms. The van der Waals surface area contributed by atoms with E-state index in [1.165, 1.54) is 9.35 Å². The van der Waals surface area contributed by atoms with E-state index < -0.39 is 0 Å². The zero-order valence-corrected chi connectivity index (χ0v) is 12.2. The highest BCUT2D eigenvalue weighted by molar-refractivity contribution is 9.10. The molecular weight excluding hydrogens is 288 g/mol. The molecule has 3 nitrogen and oxygen atoms in total. The predicted molar refractivity (Wildman–Crippen MR) is 73.1 cm³/mol. The van der Waals surface area contributed by atoms with Gasteiger partial charge in [-0.1, -0.05) is 0 Å². The lowest BCUT2D eigenvalue weighted by atomic mass is 10.4. The molecule has 1 aromatic rings. The lowest BCUT2D eigenvalue weighted by Gasteiger charge is -2.15. The van der Waals surface area contributed by atoms with Crippen molar-refractivity contribution in [2.24, 2.45) is 0 Å². The number of ether oxygens (including phenoxy) is 1. The lowest BCUT2D eigenvalue weighted by Crippen LogP contribution is -2.30. The van der Waals surface area contributed by atoms with Crippen molar-refractivity contribution in [1.29, 1.82) is 0 Å². The molecular formula is C11H19BrN2OS. The van der Waals surface area contributed by atoms with Gasteiger partial charge in [0.05, 0.1) is 6.61 Å². The van der Waals surface area contributed by atoms with Crippen LogP contribution in [-0.4, -0.2) is 45.3 Å². The summed E-state index contributed by atoms with van der Waals surface area (Å²) in [4.78, 5) is 3.71. The van der Waals surface area contributed by atoms with Crippen molar-refractivity contribution in [1.82, 2.24) is 10.2 Å². The number of hydrogen-bond acceptors (Lipinski definition) is 4. The molecule has 0 aliphatic heterocycles. The van der Waals surface area contributed by atoms with Gasteiger partial charge in [0.2, 0.25) is 0 Å². The number of likely N-dealkylation sites (N-methyl/N-ethyl adjacent to an activating group) is 1. The summed E-state index contributed by atoms with van der Waals surface area (Å²) in [6, 6.07) is 2.18. The molecule has 0 bridgehead atoms. The fourth-order valence-corrected chi connectivity index (χ4v) is 2.88. The van der Waals surface area contributed by atoms with E-state index in [1.54, 1.807) is 18.4 Å². The van der Waals surface area contributed by atoms with Crippen molar-refractivity contribution in [3.63, 3.8) is 0 Å². The van der Waals surface area contributed by atoms with E-state index in [9.17, 15) is 0 Å². The first-order valence-electron chi connectivity index (χ1n) is 5.33. The van der Waals surface area contributed by atoms with Crippen LogP contribution in [0.3, 0.4) is 0 Å². The number of halogens is 1. The van der Waals surface area contributed by atoms with E-state index in [-0.39, 0.29) is 0 Å². The summed E-state index contributed by atoms with van der Waals surface area (Å²) in [6.07, 6.45) is 0. The van der Waals surface area contributed by atoms with Gasteiger partial charge in [-0.25, -0.2) is 0 Å². The monoisotopic (exact) mass is 306 g/mol. The Balaban J connectivity index is 2.09. The molecule has 1 rings (SSSR count). The van der Waals surface area contributed by atoms with E-state index in [2.05, 4.69) is 44.6 Å². The molecule has 1 heterocycles. The van der Waals surface area contributed by atoms with Gasteiger partial charge in [-0.05, 0) is 29.0 Å². The molecule has 0 amide bonds. The maximum atomic E-state index is 4.97. The molecule has 0 aliphatic rings. The molecule has 16 heavy (non-hydrogen) atoms. The summed E-state index contributed by atoms with van der Waals surface area (Å²) in [5, 5.41) is 5.46. The molecule has 0 atom stereocenters. The van der Waals surface area contributed by atoms with Crippen LogP contribution in [-0.2, 0) is 11.3 Å². The summed E-state index contributed by atoms with van der Waals surface area (Å²) < 4.78 is 6.15. The zero-order chi connectivity index (χ0) is 11.8. The van der Waals surface area contributed by atoms with Gasteiger partial charge in [0, 0.05) is 48.0 Å². The minimum Gasteiger partial charge on any atom is -0.383 e. The van der Waals surface area contributed by atoms with Gasteiger partial charge in [0.15, 0.2) is 0 Å². The van der Waals surface area contributed by atoms with Crippen LogP contribution in [0.15, 0.2) is 15.9 Å². The second-order valence-electron chi connectivity index (χ2n) is 3.71. The third-order valence-electron chi connectivity index (χ3n) is 2.20. The van der Waals surface area contributed by atoms with Crippen LogP contribution in [0.2, 0.25) is 0 Å². The molecule has 0 radical (unpaired) electrons. The minimum atomic E-state index is 0.779. The van der Waals surface area contributed by atoms with Crippen LogP contribution in [0.1, 0.15) is 4.88 Å². The third kappa shape index (κ3) is 5.96. The van der Waals surface area contributed by atoms with E-state index in [0.29, 0.717) is 0 Å². The van der Waals surface area contributed by atoms with Crippen LogP contribution in [0.4, 0.5) is 0 Å².